The summed E-state index contributed by atoms with van der Waals surface area (Å²) in [6.45, 7) is -0.172. The molecule has 116 valence electrons. The molecule has 0 aromatic carbocycles. The molecule has 1 aliphatic carbocycles. The maximum atomic E-state index is 12.0. The average molecular weight is 307 g/mol. The van der Waals surface area contributed by atoms with Crippen LogP contribution in [0.15, 0.2) is 0 Å². The zero-order valence-electron chi connectivity index (χ0n) is 11.6. The summed E-state index contributed by atoms with van der Waals surface area (Å²) in [5.41, 5.74) is -0.998. The molecule has 0 saturated heterocycles. The van der Waals surface area contributed by atoms with Crippen molar-refractivity contribution in [3.8, 4) is 0 Å². The van der Waals surface area contributed by atoms with E-state index in [2.05, 4.69) is 4.72 Å². The molecular weight excluding hydrogens is 286 g/mol. The van der Waals surface area contributed by atoms with Crippen molar-refractivity contribution in [1.82, 2.24) is 4.72 Å². The molecule has 1 fully saturated rings. The molecular formula is C12H21NO6S. The molecule has 0 atom stereocenters. The largest absolute Gasteiger partial charge is 0.481 e. The van der Waals surface area contributed by atoms with Gasteiger partial charge in [0.2, 0.25) is 10.0 Å². The van der Waals surface area contributed by atoms with E-state index in [4.69, 9.17) is 9.84 Å². The number of carboxylic acid groups (broad SMARTS) is 1. The van der Waals surface area contributed by atoms with Crippen molar-refractivity contribution >= 4 is 22.0 Å². The van der Waals surface area contributed by atoms with Crippen LogP contribution in [0.5, 0.6) is 0 Å². The Kier molecular flexibility index (Phi) is 5.94. The minimum absolute atomic E-state index is 0.172. The van der Waals surface area contributed by atoms with E-state index in [-0.39, 0.29) is 18.7 Å². The molecule has 0 spiro atoms. The molecule has 0 aromatic rings. The first-order chi connectivity index (χ1) is 9.31. The summed E-state index contributed by atoms with van der Waals surface area (Å²) in [6, 6.07) is 0. The molecule has 0 heterocycles. The Morgan fingerprint density at radius 3 is 2.35 bits per heavy atom. The van der Waals surface area contributed by atoms with Crippen molar-refractivity contribution < 1.29 is 27.9 Å². The van der Waals surface area contributed by atoms with Crippen molar-refractivity contribution in [3.05, 3.63) is 0 Å². The number of carbonyl (C=O) groups is 2. The second kappa shape index (κ2) is 7.03. The summed E-state index contributed by atoms with van der Waals surface area (Å²) in [4.78, 5) is 22.3. The van der Waals surface area contributed by atoms with Crippen LogP contribution < -0.4 is 4.72 Å². The number of nitrogens with one attached hydrogen (secondary N) is 1. The van der Waals surface area contributed by atoms with E-state index in [1.807, 2.05) is 0 Å². The number of rotatable bonds is 7. The molecule has 20 heavy (non-hydrogen) atoms. The van der Waals surface area contributed by atoms with Crippen molar-refractivity contribution in [2.45, 2.75) is 38.5 Å². The van der Waals surface area contributed by atoms with Gasteiger partial charge in [0.25, 0.3) is 0 Å². The molecule has 0 aromatic heterocycles. The highest BCUT2D eigenvalue weighted by Gasteiger charge is 2.44. The lowest BCUT2D eigenvalue weighted by atomic mass is 9.75. The lowest BCUT2D eigenvalue weighted by molar-refractivity contribution is -0.153. The highest BCUT2D eigenvalue weighted by molar-refractivity contribution is 7.89. The molecule has 2 N–H and O–H groups in total. The number of hydrogen-bond acceptors (Lipinski definition) is 5. The van der Waals surface area contributed by atoms with Crippen LogP contribution >= 0.6 is 0 Å². The summed E-state index contributed by atoms with van der Waals surface area (Å²) in [5, 5.41) is 8.50. The van der Waals surface area contributed by atoms with Crippen LogP contribution in [0.2, 0.25) is 0 Å². The second-order valence-electron chi connectivity index (χ2n) is 5.13. The fourth-order valence-electron chi connectivity index (χ4n) is 2.58. The number of carboxylic acids is 1. The van der Waals surface area contributed by atoms with Crippen LogP contribution in [-0.4, -0.2) is 44.9 Å². The van der Waals surface area contributed by atoms with Crippen LogP contribution in [-0.2, 0) is 24.3 Å². The standard InChI is InChI=1S/C12H21NO6S/c1-19-11(16)12(6-3-2-4-7-12)9-20(17,18)13-8-5-10(14)15/h13H,2-9H2,1H3,(H,14,15). The van der Waals surface area contributed by atoms with Crippen LogP contribution in [0.1, 0.15) is 38.5 Å². The predicted molar refractivity (Wildman–Crippen MR) is 71.6 cm³/mol. The number of ether oxygens (including phenoxy) is 1. The van der Waals surface area contributed by atoms with Crippen molar-refractivity contribution in [2.75, 3.05) is 19.4 Å². The van der Waals surface area contributed by atoms with Gasteiger partial charge in [-0.2, -0.15) is 0 Å². The first kappa shape index (κ1) is 16.9. The summed E-state index contributed by atoms with van der Waals surface area (Å²) >= 11 is 0. The Morgan fingerprint density at radius 2 is 1.85 bits per heavy atom. The summed E-state index contributed by atoms with van der Waals surface area (Å²) in [6.07, 6.45) is 3.24. The molecule has 0 amide bonds. The van der Waals surface area contributed by atoms with Gasteiger partial charge in [-0.15, -0.1) is 0 Å². The molecule has 1 rings (SSSR count). The van der Waals surface area contributed by atoms with E-state index < -0.39 is 27.4 Å². The van der Waals surface area contributed by atoms with Gasteiger partial charge in [0, 0.05) is 6.54 Å². The van der Waals surface area contributed by atoms with Gasteiger partial charge in [-0.1, -0.05) is 19.3 Å². The predicted octanol–water partition coefficient (Wildman–Crippen LogP) is 0.504. The van der Waals surface area contributed by atoms with Gasteiger partial charge >= 0.3 is 11.9 Å². The van der Waals surface area contributed by atoms with E-state index >= 15 is 0 Å². The third kappa shape index (κ3) is 4.75. The topological polar surface area (TPSA) is 110 Å². The minimum Gasteiger partial charge on any atom is -0.481 e. The number of methoxy groups -OCH3 is 1. The fourth-order valence-corrected chi connectivity index (χ4v) is 4.23. The normalized spacial score (nSPS) is 18.4. The van der Waals surface area contributed by atoms with E-state index in [0.717, 1.165) is 19.3 Å². The van der Waals surface area contributed by atoms with Crippen molar-refractivity contribution in [3.63, 3.8) is 0 Å². The summed E-state index contributed by atoms with van der Waals surface area (Å²) < 4.78 is 31.0. The van der Waals surface area contributed by atoms with Gasteiger partial charge in [-0.25, -0.2) is 13.1 Å². The quantitative estimate of drug-likeness (QED) is 0.663. The van der Waals surface area contributed by atoms with Gasteiger partial charge < -0.3 is 9.84 Å². The SMILES string of the molecule is COC(=O)C1(CS(=O)(=O)NCCC(=O)O)CCCCC1. The first-order valence-corrected chi connectivity index (χ1v) is 8.24. The molecule has 0 bridgehead atoms. The van der Waals surface area contributed by atoms with Crippen LogP contribution in [0.3, 0.4) is 0 Å². The van der Waals surface area contributed by atoms with E-state index in [1.54, 1.807) is 0 Å². The van der Waals surface area contributed by atoms with E-state index in [9.17, 15) is 18.0 Å². The summed E-state index contributed by atoms with van der Waals surface area (Å²) in [7, 11) is -2.45. The second-order valence-corrected chi connectivity index (χ2v) is 6.94. The Balaban J connectivity index is 2.73. The molecule has 1 aliphatic rings. The number of aliphatic carboxylic acids is 1. The third-order valence-corrected chi connectivity index (χ3v) is 5.13. The first-order valence-electron chi connectivity index (χ1n) is 6.59. The molecule has 0 radical (unpaired) electrons. The van der Waals surface area contributed by atoms with Crippen molar-refractivity contribution in [1.29, 1.82) is 0 Å². The van der Waals surface area contributed by atoms with E-state index in [1.165, 1.54) is 7.11 Å². The van der Waals surface area contributed by atoms with Crippen molar-refractivity contribution in [2.24, 2.45) is 5.41 Å². The Labute approximate surface area is 118 Å². The Bertz CT molecular complexity index is 453. The zero-order chi connectivity index (χ0) is 15.2. The van der Waals surface area contributed by atoms with Gasteiger partial charge in [-0.3, -0.25) is 9.59 Å². The lowest BCUT2D eigenvalue weighted by Crippen LogP contribution is -2.44. The number of carbonyl (C=O) groups excluding carboxylic acids is 1. The molecule has 7 nitrogen and oxygen atoms in total. The summed E-state index contributed by atoms with van der Waals surface area (Å²) in [5.74, 6) is -1.92. The third-order valence-electron chi connectivity index (χ3n) is 3.56. The van der Waals surface area contributed by atoms with Crippen LogP contribution in [0, 0.1) is 5.41 Å². The maximum absolute atomic E-state index is 12.0. The van der Waals surface area contributed by atoms with Gasteiger partial charge in [0.15, 0.2) is 0 Å². The van der Waals surface area contributed by atoms with Gasteiger partial charge in [0.1, 0.15) is 0 Å². The molecule has 8 heteroatoms. The average Bonchev–Trinajstić information content (AvgIpc) is 2.37. The van der Waals surface area contributed by atoms with Crippen LogP contribution in [0.25, 0.3) is 0 Å². The van der Waals surface area contributed by atoms with Gasteiger partial charge in [-0.05, 0) is 12.8 Å². The zero-order valence-corrected chi connectivity index (χ0v) is 12.4. The monoisotopic (exact) mass is 307 g/mol. The van der Waals surface area contributed by atoms with Gasteiger partial charge in [0.05, 0.1) is 24.7 Å². The Hall–Kier alpha value is -1.15. The lowest BCUT2D eigenvalue weighted by Gasteiger charge is -2.33. The number of sulfonamides is 1. The molecule has 0 unspecified atom stereocenters. The number of hydrogen-bond donors (Lipinski definition) is 2. The van der Waals surface area contributed by atoms with Crippen LogP contribution in [0.4, 0.5) is 0 Å². The smallest absolute Gasteiger partial charge is 0.312 e. The highest BCUT2D eigenvalue weighted by atomic mass is 32.2. The van der Waals surface area contributed by atoms with E-state index in [0.29, 0.717) is 12.8 Å². The maximum Gasteiger partial charge on any atom is 0.312 e. The minimum atomic E-state index is -3.70. The molecule has 1 saturated carbocycles. The number of esters is 1. The Morgan fingerprint density at radius 1 is 1.25 bits per heavy atom. The highest BCUT2D eigenvalue weighted by Crippen LogP contribution is 2.38. The molecule has 0 aliphatic heterocycles. The fraction of sp³-hybridized carbons (Fsp3) is 0.833.